The molecular formula is C19H20N6O3S. The lowest BCUT2D eigenvalue weighted by Gasteiger charge is -2.22. The number of thiol groups is 1. The summed E-state index contributed by atoms with van der Waals surface area (Å²) in [6.07, 6.45) is 7.62. The molecule has 4 heterocycles. The Balaban J connectivity index is 1.50. The van der Waals surface area contributed by atoms with E-state index < -0.39 is 10.7 Å². The summed E-state index contributed by atoms with van der Waals surface area (Å²) in [7, 11) is -2.48. The van der Waals surface area contributed by atoms with Crippen LogP contribution < -0.4 is 5.32 Å². The predicted molar refractivity (Wildman–Crippen MR) is 110 cm³/mol. The van der Waals surface area contributed by atoms with E-state index in [-0.39, 0.29) is 11.8 Å². The SMILES string of the molecule is O=[SH](=O)Cc1ccc2nc(Nc3cnn(C4CCCOC4)c3)c3n[nH]cc3c2c1. The highest BCUT2D eigenvalue weighted by molar-refractivity contribution is 7.71. The fourth-order valence-corrected chi connectivity index (χ4v) is 4.25. The van der Waals surface area contributed by atoms with Crippen molar-refractivity contribution in [2.45, 2.75) is 24.6 Å². The number of ether oxygens (including phenoxy) is 1. The summed E-state index contributed by atoms with van der Waals surface area (Å²) < 4.78 is 29.6. The largest absolute Gasteiger partial charge is 0.379 e. The van der Waals surface area contributed by atoms with Crippen LogP contribution in [-0.4, -0.2) is 46.6 Å². The Hall–Kier alpha value is -2.98. The number of benzene rings is 1. The molecule has 9 nitrogen and oxygen atoms in total. The van der Waals surface area contributed by atoms with Crippen LogP contribution in [0.25, 0.3) is 21.8 Å². The van der Waals surface area contributed by atoms with Crippen LogP contribution in [0.5, 0.6) is 0 Å². The highest BCUT2D eigenvalue weighted by atomic mass is 32.2. The van der Waals surface area contributed by atoms with Crippen molar-refractivity contribution in [1.82, 2.24) is 25.0 Å². The number of rotatable bonds is 5. The Bertz CT molecular complexity index is 1250. The van der Waals surface area contributed by atoms with Gasteiger partial charge in [-0.15, -0.1) is 0 Å². The third-order valence-electron chi connectivity index (χ3n) is 5.13. The minimum absolute atomic E-state index is 0.00862. The molecule has 10 heteroatoms. The summed E-state index contributed by atoms with van der Waals surface area (Å²) in [5, 5.41) is 16.8. The Labute approximate surface area is 168 Å². The minimum atomic E-state index is -2.48. The molecule has 0 saturated carbocycles. The average Bonchev–Trinajstić information content (AvgIpc) is 3.39. The summed E-state index contributed by atoms with van der Waals surface area (Å²) in [6.45, 7) is 1.49. The van der Waals surface area contributed by atoms with Crippen LogP contribution in [0.1, 0.15) is 24.4 Å². The maximum atomic E-state index is 11.1. The van der Waals surface area contributed by atoms with Crippen LogP contribution in [0.15, 0.2) is 36.8 Å². The summed E-state index contributed by atoms with van der Waals surface area (Å²) in [4.78, 5) is 4.71. The molecule has 0 aliphatic carbocycles. The van der Waals surface area contributed by atoms with Gasteiger partial charge in [0.1, 0.15) is 16.2 Å². The molecule has 1 aliphatic heterocycles. The van der Waals surface area contributed by atoms with Crippen LogP contribution in [0, 0.1) is 0 Å². The van der Waals surface area contributed by atoms with Crippen molar-refractivity contribution < 1.29 is 13.2 Å². The molecule has 0 spiro atoms. The smallest absolute Gasteiger partial charge is 0.159 e. The number of pyridine rings is 1. The molecule has 2 N–H and O–H groups in total. The zero-order valence-corrected chi connectivity index (χ0v) is 16.4. The lowest BCUT2D eigenvalue weighted by atomic mass is 10.1. The first-order valence-corrected chi connectivity index (χ1v) is 10.8. The zero-order chi connectivity index (χ0) is 19.8. The molecule has 1 aromatic carbocycles. The number of nitrogens with one attached hydrogen (secondary N) is 2. The van der Waals surface area contributed by atoms with Crippen LogP contribution in [0.3, 0.4) is 0 Å². The van der Waals surface area contributed by atoms with Gasteiger partial charge in [0.05, 0.1) is 35.8 Å². The van der Waals surface area contributed by atoms with Gasteiger partial charge in [-0.2, -0.15) is 10.2 Å². The highest BCUT2D eigenvalue weighted by Crippen LogP contribution is 2.30. The first kappa shape index (κ1) is 18.1. The van der Waals surface area contributed by atoms with Crippen molar-refractivity contribution in [2.24, 2.45) is 0 Å². The van der Waals surface area contributed by atoms with Gasteiger partial charge in [-0.05, 0) is 30.5 Å². The fourth-order valence-electron chi connectivity index (χ4n) is 3.75. The number of aromatic amines is 1. The number of hydrogen-bond donors (Lipinski definition) is 3. The van der Waals surface area contributed by atoms with Crippen molar-refractivity contribution in [2.75, 3.05) is 18.5 Å². The van der Waals surface area contributed by atoms with Gasteiger partial charge in [0.2, 0.25) is 0 Å². The van der Waals surface area contributed by atoms with E-state index in [1.54, 1.807) is 18.5 Å². The lowest BCUT2D eigenvalue weighted by Crippen LogP contribution is -2.21. The second-order valence-corrected chi connectivity index (χ2v) is 8.14. The topological polar surface area (TPSA) is 115 Å². The van der Waals surface area contributed by atoms with Crippen LogP contribution >= 0.6 is 0 Å². The van der Waals surface area contributed by atoms with Gasteiger partial charge in [0.15, 0.2) is 5.82 Å². The monoisotopic (exact) mass is 412 g/mol. The van der Waals surface area contributed by atoms with Gasteiger partial charge in [0.25, 0.3) is 0 Å². The molecule has 0 amide bonds. The maximum Gasteiger partial charge on any atom is 0.159 e. The van der Waals surface area contributed by atoms with Gasteiger partial charge >= 0.3 is 0 Å². The average molecular weight is 412 g/mol. The van der Waals surface area contributed by atoms with Crippen LogP contribution in [-0.2, 0) is 21.2 Å². The van der Waals surface area contributed by atoms with Crippen molar-refractivity contribution in [3.63, 3.8) is 0 Å². The molecule has 0 bridgehead atoms. The summed E-state index contributed by atoms with van der Waals surface area (Å²) in [5.41, 5.74) is 3.01. The third kappa shape index (κ3) is 3.56. The first-order chi connectivity index (χ1) is 14.2. The molecule has 1 aliphatic rings. The summed E-state index contributed by atoms with van der Waals surface area (Å²) in [6, 6.07) is 5.73. The van der Waals surface area contributed by atoms with Gasteiger partial charge in [-0.3, -0.25) is 9.78 Å². The van der Waals surface area contributed by atoms with Gasteiger partial charge < -0.3 is 10.1 Å². The lowest BCUT2D eigenvalue weighted by molar-refractivity contribution is 0.0549. The quantitative estimate of drug-likeness (QED) is 0.432. The minimum Gasteiger partial charge on any atom is -0.379 e. The molecule has 1 saturated heterocycles. The number of fused-ring (bicyclic) bond motifs is 3. The van der Waals surface area contributed by atoms with E-state index in [4.69, 9.17) is 9.72 Å². The van der Waals surface area contributed by atoms with E-state index in [0.717, 1.165) is 47.0 Å². The van der Waals surface area contributed by atoms with E-state index in [2.05, 4.69) is 20.6 Å². The van der Waals surface area contributed by atoms with Gasteiger partial charge in [0, 0.05) is 29.8 Å². The van der Waals surface area contributed by atoms with E-state index in [1.807, 2.05) is 23.0 Å². The van der Waals surface area contributed by atoms with Crippen molar-refractivity contribution >= 4 is 44.0 Å². The second kappa shape index (κ2) is 7.45. The zero-order valence-electron chi connectivity index (χ0n) is 15.5. The van der Waals surface area contributed by atoms with Crippen LogP contribution in [0.4, 0.5) is 11.5 Å². The molecule has 1 unspecified atom stereocenters. The molecule has 29 heavy (non-hydrogen) atoms. The van der Waals surface area contributed by atoms with Crippen molar-refractivity contribution in [3.8, 4) is 0 Å². The number of anilines is 2. The van der Waals surface area contributed by atoms with E-state index >= 15 is 0 Å². The Morgan fingerprint density at radius 3 is 3.07 bits per heavy atom. The molecular weight excluding hydrogens is 392 g/mol. The summed E-state index contributed by atoms with van der Waals surface area (Å²) in [5.74, 6) is 0.630. The Kier molecular flexibility index (Phi) is 4.64. The normalized spacial score (nSPS) is 17.3. The van der Waals surface area contributed by atoms with E-state index in [0.29, 0.717) is 17.9 Å². The molecule has 3 aromatic heterocycles. The molecule has 0 radical (unpaired) electrons. The Morgan fingerprint density at radius 1 is 1.31 bits per heavy atom. The maximum absolute atomic E-state index is 11.1. The molecule has 1 atom stereocenters. The molecule has 1 fully saturated rings. The number of aromatic nitrogens is 5. The highest BCUT2D eigenvalue weighted by Gasteiger charge is 2.17. The van der Waals surface area contributed by atoms with Crippen molar-refractivity contribution in [3.05, 3.63) is 42.4 Å². The molecule has 4 aromatic rings. The molecule has 150 valence electrons. The fraction of sp³-hybridized carbons (Fsp3) is 0.316. The van der Waals surface area contributed by atoms with Gasteiger partial charge in [-0.1, -0.05) is 6.07 Å². The van der Waals surface area contributed by atoms with Crippen molar-refractivity contribution in [1.29, 1.82) is 0 Å². The van der Waals surface area contributed by atoms with Crippen LogP contribution in [0.2, 0.25) is 0 Å². The summed E-state index contributed by atoms with van der Waals surface area (Å²) >= 11 is 0. The third-order valence-corrected chi connectivity index (χ3v) is 5.76. The number of nitrogens with zero attached hydrogens (tertiary/aromatic N) is 4. The predicted octanol–water partition coefficient (Wildman–Crippen LogP) is 2.51. The van der Waals surface area contributed by atoms with E-state index in [9.17, 15) is 8.42 Å². The van der Waals surface area contributed by atoms with E-state index in [1.165, 1.54) is 0 Å². The number of H-pyrrole nitrogens is 1. The first-order valence-electron chi connectivity index (χ1n) is 9.44. The standard InChI is InChI=1S/C19H20N6O3S/c26-29(27)11-12-3-4-17-15(6-12)16-8-20-24-18(16)19(23-17)22-13-7-21-25(9-13)14-2-1-5-28-10-14/h3-4,6-9,14,29H,1-2,5,10-11H2,(H,20,24)(H,22,23). The van der Waals surface area contributed by atoms with Gasteiger partial charge in [-0.25, -0.2) is 13.4 Å². The Morgan fingerprint density at radius 2 is 2.24 bits per heavy atom. The second-order valence-electron chi connectivity index (χ2n) is 7.16. The molecule has 5 rings (SSSR count). The number of hydrogen-bond acceptors (Lipinski definition) is 7.